The minimum Gasteiger partial charge on any atom is -0.490 e. The van der Waals surface area contributed by atoms with Crippen LogP contribution in [0.1, 0.15) is 49.9 Å². The highest BCUT2D eigenvalue weighted by Gasteiger charge is 2.08. The molecule has 2 rings (SSSR count). The molecule has 0 heterocycles. The summed E-state index contributed by atoms with van der Waals surface area (Å²) in [6.45, 7) is 13.0. The van der Waals surface area contributed by atoms with Gasteiger partial charge in [0.1, 0.15) is 31.8 Å². The zero-order valence-electron chi connectivity index (χ0n) is 18.2. The van der Waals surface area contributed by atoms with Crippen LogP contribution in [0.4, 0.5) is 0 Å². The van der Waals surface area contributed by atoms with Crippen molar-refractivity contribution in [3.8, 4) is 11.5 Å². The van der Waals surface area contributed by atoms with Crippen molar-refractivity contribution in [2.24, 2.45) is 5.16 Å². The lowest BCUT2D eigenvalue weighted by molar-refractivity contribution is 0.213. The van der Waals surface area contributed by atoms with Gasteiger partial charge >= 0.3 is 0 Å². The molecule has 2 aromatic carbocycles. The molecule has 0 saturated carbocycles. The first-order valence-electron chi connectivity index (χ1n) is 9.70. The lowest BCUT2D eigenvalue weighted by Gasteiger charge is -2.15. The lowest BCUT2D eigenvalue weighted by atomic mass is 10.1. The van der Waals surface area contributed by atoms with Crippen molar-refractivity contribution in [3.05, 3.63) is 70.8 Å². The van der Waals surface area contributed by atoms with Crippen LogP contribution < -0.4 is 9.47 Å². The molecule has 0 aliphatic heterocycles. The Bertz CT molecular complexity index is 771. The molecular formula is C24H33NO3. The third-order valence-electron chi connectivity index (χ3n) is 3.97. The highest BCUT2D eigenvalue weighted by atomic mass is 16.6. The predicted molar refractivity (Wildman–Crippen MR) is 118 cm³/mol. The van der Waals surface area contributed by atoms with Crippen LogP contribution in [-0.2, 0) is 11.4 Å². The van der Waals surface area contributed by atoms with E-state index in [1.165, 1.54) is 0 Å². The van der Waals surface area contributed by atoms with Crippen LogP contribution in [-0.4, -0.2) is 19.4 Å². The molecule has 0 aliphatic carbocycles. The monoisotopic (exact) mass is 383 g/mol. The highest BCUT2D eigenvalue weighted by molar-refractivity contribution is 5.98. The van der Waals surface area contributed by atoms with Crippen LogP contribution in [0.5, 0.6) is 11.5 Å². The van der Waals surface area contributed by atoms with Gasteiger partial charge in [0.25, 0.3) is 0 Å². The van der Waals surface area contributed by atoms with Gasteiger partial charge in [-0.2, -0.15) is 0 Å². The molecule has 28 heavy (non-hydrogen) atoms. The Labute approximate surface area is 169 Å². The standard InChI is InChI=1S/C22H27NO3.C2H6/c1-6-7-11-25-21-12-16(2)22(17(3)13-21)26-15-19-9-8-10-20(14-19)18(4)23-24-5;1-2/h6-10,12-14H,11,15H2,1-5H3;1-2H3/b7-6+,23-18-;. The maximum Gasteiger partial charge on any atom is 0.125 e. The Morgan fingerprint density at radius 3 is 2.32 bits per heavy atom. The molecule has 0 radical (unpaired) electrons. The van der Waals surface area contributed by atoms with Gasteiger partial charge in [0.05, 0.1) is 5.71 Å². The van der Waals surface area contributed by atoms with Gasteiger partial charge in [0.2, 0.25) is 0 Å². The minimum atomic E-state index is 0.495. The van der Waals surface area contributed by atoms with Crippen molar-refractivity contribution in [3.63, 3.8) is 0 Å². The van der Waals surface area contributed by atoms with Crippen molar-refractivity contribution in [2.75, 3.05) is 13.7 Å². The maximum atomic E-state index is 6.09. The number of nitrogens with zero attached hydrogens (tertiary/aromatic N) is 1. The SMILES string of the molecule is C/C=C/COc1cc(C)c(OCc2cccc(/C(C)=N\OC)c2)c(C)c1.CC. The summed E-state index contributed by atoms with van der Waals surface area (Å²) in [7, 11) is 1.55. The third-order valence-corrected chi connectivity index (χ3v) is 3.97. The fraction of sp³-hybridized carbons (Fsp3) is 0.375. The molecule has 0 unspecified atom stereocenters. The van der Waals surface area contributed by atoms with Crippen LogP contribution in [0.2, 0.25) is 0 Å². The van der Waals surface area contributed by atoms with Crippen molar-refractivity contribution in [1.29, 1.82) is 0 Å². The first-order valence-corrected chi connectivity index (χ1v) is 9.70. The van der Waals surface area contributed by atoms with E-state index in [0.29, 0.717) is 13.2 Å². The zero-order valence-corrected chi connectivity index (χ0v) is 18.2. The Morgan fingerprint density at radius 1 is 1.04 bits per heavy atom. The number of rotatable bonds is 8. The van der Waals surface area contributed by atoms with Gasteiger partial charge in [-0.25, -0.2) is 0 Å². The molecule has 0 aliphatic rings. The van der Waals surface area contributed by atoms with Gasteiger partial charge in [-0.3, -0.25) is 0 Å². The zero-order chi connectivity index (χ0) is 20.9. The lowest BCUT2D eigenvalue weighted by Crippen LogP contribution is -2.02. The number of allylic oxidation sites excluding steroid dienone is 1. The summed E-state index contributed by atoms with van der Waals surface area (Å²) < 4.78 is 11.8. The molecule has 0 aromatic heterocycles. The second-order valence-electron chi connectivity index (χ2n) is 6.11. The van der Waals surface area contributed by atoms with Crippen molar-refractivity contribution in [2.45, 2.75) is 48.1 Å². The maximum absolute atomic E-state index is 6.09. The summed E-state index contributed by atoms with van der Waals surface area (Å²) in [5.41, 5.74) is 5.07. The Kier molecular flexibility index (Phi) is 10.5. The Balaban J connectivity index is 0.00000190. The van der Waals surface area contributed by atoms with Gasteiger partial charge in [-0.05, 0) is 68.1 Å². The first-order chi connectivity index (χ1) is 13.5. The first kappa shape index (κ1) is 23.3. The normalized spacial score (nSPS) is 11.0. The summed E-state index contributed by atoms with van der Waals surface area (Å²) >= 11 is 0. The molecule has 4 nitrogen and oxygen atoms in total. The number of hydrogen-bond acceptors (Lipinski definition) is 4. The number of hydrogen-bond donors (Lipinski definition) is 0. The van der Waals surface area contributed by atoms with Gasteiger partial charge < -0.3 is 14.3 Å². The number of benzene rings is 2. The van der Waals surface area contributed by atoms with E-state index in [1.807, 2.05) is 84.0 Å². The molecule has 0 amide bonds. The molecule has 0 N–H and O–H groups in total. The van der Waals surface area contributed by atoms with Crippen LogP contribution in [0, 0.1) is 13.8 Å². The minimum absolute atomic E-state index is 0.495. The predicted octanol–water partition coefficient (Wildman–Crippen LogP) is 6.23. The third kappa shape index (κ3) is 7.10. The molecule has 0 bridgehead atoms. The van der Waals surface area contributed by atoms with E-state index in [9.17, 15) is 0 Å². The van der Waals surface area contributed by atoms with E-state index in [2.05, 4.69) is 11.2 Å². The van der Waals surface area contributed by atoms with E-state index >= 15 is 0 Å². The van der Waals surface area contributed by atoms with E-state index in [4.69, 9.17) is 14.3 Å². The van der Waals surface area contributed by atoms with Gasteiger partial charge in [0, 0.05) is 0 Å². The second kappa shape index (κ2) is 12.6. The van der Waals surface area contributed by atoms with Crippen LogP contribution >= 0.6 is 0 Å². The summed E-state index contributed by atoms with van der Waals surface area (Å²) in [6.07, 6.45) is 3.96. The van der Waals surface area contributed by atoms with E-state index in [0.717, 1.165) is 39.5 Å². The molecule has 0 fully saturated rings. The summed E-state index contributed by atoms with van der Waals surface area (Å²) in [5, 5.41) is 3.98. The molecular weight excluding hydrogens is 350 g/mol. The van der Waals surface area contributed by atoms with Crippen LogP contribution in [0.15, 0.2) is 53.7 Å². The van der Waals surface area contributed by atoms with Crippen molar-refractivity contribution in [1.82, 2.24) is 0 Å². The number of ether oxygens (including phenoxy) is 2. The fourth-order valence-electron chi connectivity index (χ4n) is 2.69. The average Bonchev–Trinajstić information content (AvgIpc) is 2.69. The number of aryl methyl sites for hydroxylation is 2. The highest BCUT2D eigenvalue weighted by Crippen LogP contribution is 2.29. The van der Waals surface area contributed by atoms with E-state index in [1.54, 1.807) is 7.11 Å². The molecule has 4 heteroatoms. The average molecular weight is 384 g/mol. The van der Waals surface area contributed by atoms with E-state index < -0.39 is 0 Å². The van der Waals surface area contributed by atoms with Crippen LogP contribution in [0.25, 0.3) is 0 Å². The quantitative estimate of drug-likeness (QED) is 0.308. The molecule has 0 spiro atoms. The summed E-state index contributed by atoms with van der Waals surface area (Å²) in [5.74, 6) is 1.76. The van der Waals surface area contributed by atoms with Gasteiger partial charge in [-0.1, -0.05) is 49.4 Å². The second-order valence-corrected chi connectivity index (χ2v) is 6.11. The summed E-state index contributed by atoms with van der Waals surface area (Å²) in [4.78, 5) is 4.85. The fourth-order valence-corrected chi connectivity index (χ4v) is 2.69. The Hall–Kier alpha value is -2.75. The van der Waals surface area contributed by atoms with Crippen LogP contribution in [0.3, 0.4) is 0 Å². The number of oxime groups is 1. The van der Waals surface area contributed by atoms with Gasteiger partial charge in [0.15, 0.2) is 0 Å². The smallest absolute Gasteiger partial charge is 0.125 e. The Morgan fingerprint density at radius 2 is 1.71 bits per heavy atom. The van der Waals surface area contributed by atoms with E-state index in [-0.39, 0.29) is 0 Å². The largest absolute Gasteiger partial charge is 0.490 e. The topological polar surface area (TPSA) is 40.0 Å². The van der Waals surface area contributed by atoms with Crippen molar-refractivity contribution < 1.29 is 14.3 Å². The van der Waals surface area contributed by atoms with Gasteiger partial charge in [-0.15, -0.1) is 0 Å². The molecule has 2 aromatic rings. The molecule has 0 saturated heterocycles. The summed E-state index contributed by atoms with van der Waals surface area (Å²) in [6, 6.07) is 12.1. The molecule has 0 atom stereocenters. The molecule has 152 valence electrons. The van der Waals surface area contributed by atoms with Crippen molar-refractivity contribution >= 4 is 5.71 Å².